The molecule has 0 aliphatic carbocycles. The predicted molar refractivity (Wildman–Crippen MR) is 68.9 cm³/mol. The zero-order valence-electron chi connectivity index (χ0n) is 10.7. The maximum atomic E-state index is 10.2. The lowest BCUT2D eigenvalue weighted by molar-refractivity contribution is -0.671. The maximum absolute atomic E-state index is 10.2. The Labute approximate surface area is 114 Å². The van der Waals surface area contributed by atoms with Crippen LogP contribution in [-0.2, 0) is 6.54 Å². The molecule has 0 radical (unpaired) electrons. The van der Waals surface area contributed by atoms with Crippen LogP contribution in [0.2, 0.25) is 0 Å². The van der Waals surface area contributed by atoms with E-state index in [4.69, 9.17) is 5.11 Å². The summed E-state index contributed by atoms with van der Waals surface area (Å²) in [5.41, 5.74) is -0.454. The first kappa shape index (κ1) is 15.6. The van der Waals surface area contributed by atoms with E-state index in [0.29, 0.717) is 0 Å². The zero-order valence-corrected chi connectivity index (χ0v) is 10.7. The Hall–Kier alpha value is -2.45. The molecule has 0 fully saturated rings. The number of nitrogens with two attached hydrogens (primary N) is 1. The molecular formula is C12H16N4O4. The van der Waals surface area contributed by atoms with Crippen LogP contribution in [0.3, 0.4) is 0 Å². The number of nitrogens with zero attached hydrogens (tertiary/aromatic N) is 1. The minimum absolute atomic E-state index is 0.257. The molecule has 1 aromatic heterocycles. The van der Waals surface area contributed by atoms with Crippen LogP contribution in [0.1, 0.15) is 5.56 Å². The van der Waals surface area contributed by atoms with Gasteiger partial charge in [-0.2, -0.15) is 4.98 Å². The summed E-state index contributed by atoms with van der Waals surface area (Å²) in [5.74, 6) is 0. The molecule has 5 N–H and O–H groups in total. The smallest absolute Gasteiger partial charge is 0.349 e. The van der Waals surface area contributed by atoms with Crippen molar-refractivity contribution >= 4 is 0 Å². The Morgan fingerprint density at radius 2 is 1.90 bits per heavy atom. The monoisotopic (exact) mass is 280 g/mol. The van der Waals surface area contributed by atoms with E-state index in [0.717, 1.165) is 13.1 Å². The van der Waals surface area contributed by atoms with Crippen molar-refractivity contribution in [1.29, 1.82) is 0 Å². The second kappa shape index (κ2) is 8.62. The predicted octanol–water partition coefficient (Wildman–Crippen LogP) is -2.73. The Kier molecular flexibility index (Phi) is 6.72. The van der Waals surface area contributed by atoms with Crippen molar-refractivity contribution in [3.63, 3.8) is 0 Å². The highest BCUT2D eigenvalue weighted by Gasteiger charge is 1.91. The van der Waals surface area contributed by atoms with Crippen molar-refractivity contribution in [2.75, 3.05) is 13.2 Å². The van der Waals surface area contributed by atoms with Crippen LogP contribution < -0.4 is 21.8 Å². The molecule has 2 rings (SSSR count). The summed E-state index contributed by atoms with van der Waals surface area (Å²) in [4.78, 5) is 26.6. The van der Waals surface area contributed by atoms with Gasteiger partial charge >= 0.3 is 11.4 Å². The molecular weight excluding hydrogens is 264 g/mol. The van der Waals surface area contributed by atoms with Gasteiger partial charge in [-0.25, -0.2) is 9.59 Å². The van der Waals surface area contributed by atoms with E-state index in [1.54, 1.807) is 9.97 Å². The number of benzene rings is 1. The van der Waals surface area contributed by atoms with E-state index < -0.39 is 17.4 Å². The number of hydrogen-bond donors (Lipinski definition) is 4. The average Bonchev–Trinajstić information content (AvgIpc) is 2.39. The summed E-state index contributed by atoms with van der Waals surface area (Å²) in [7, 11) is 0. The number of H-pyrrole nitrogens is 2. The molecule has 0 saturated heterocycles. The summed E-state index contributed by atoms with van der Waals surface area (Å²) < 4.78 is 0. The van der Waals surface area contributed by atoms with Gasteiger partial charge in [0.25, 0.3) is 0 Å². The highest BCUT2D eigenvalue weighted by Crippen LogP contribution is 1.93. The van der Waals surface area contributed by atoms with Crippen molar-refractivity contribution in [3.8, 4) is 6.01 Å². The van der Waals surface area contributed by atoms with Crippen LogP contribution in [0.4, 0.5) is 0 Å². The standard InChI is InChI=1S/C9H13NO.C3H3N3O3/c11-7-6-10-8-9-4-2-1-3-5-9;7-1-4-2(8)6-3(9)5-1/h1-5,10-11H,6-8H2;(H3,4,5,6,7,8,9). The van der Waals surface area contributed by atoms with E-state index in [9.17, 15) is 14.7 Å². The van der Waals surface area contributed by atoms with E-state index >= 15 is 0 Å². The lowest BCUT2D eigenvalue weighted by atomic mass is 10.2. The van der Waals surface area contributed by atoms with Crippen molar-refractivity contribution in [2.24, 2.45) is 0 Å². The fourth-order valence-electron chi connectivity index (χ4n) is 1.35. The quantitative estimate of drug-likeness (QED) is 0.450. The van der Waals surface area contributed by atoms with E-state index in [-0.39, 0.29) is 6.61 Å². The number of aliphatic hydroxyl groups is 1. The van der Waals surface area contributed by atoms with Crippen molar-refractivity contribution in [1.82, 2.24) is 15.0 Å². The third-order valence-corrected chi connectivity index (χ3v) is 2.20. The molecule has 0 aliphatic heterocycles. The van der Waals surface area contributed by atoms with Gasteiger partial charge in [0.2, 0.25) is 0 Å². The average molecular weight is 280 g/mol. The normalized spacial score (nSPS) is 9.65. The number of nitrogens with one attached hydrogen (secondary N) is 2. The van der Waals surface area contributed by atoms with Crippen molar-refractivity contribution < 1.29 is 15.5 Å². The van der Waals surface area contributed by atoms with Crippen LogP contribution >= 0.6 is 0 Å². The Morgan fingerprint density at radius 3 is 2.45 bits per heavy atom. The van der Waals surface area contributed by atoms with E-state index in [1.807, 2.05) is 18.2 Å². The molecule has 2 aromatic rings. The van der Waals surface area contributed by atoms with Gasteiger partial charge in [-0.15, -0.1) is 0 Å². The first-order valence-electron chi connectivity index (χ1n) is 5.96. The van der Waals surface area contributed by atoms with Gasteiger partial charge in [-0.05, 0) is 0 Å². The summed E-state index contributed by atoms with van der Waals surface area (Å²) in [6.07, 6.45) is 0. The lowest BCUT2D eigenvalue weighted by Crippen LogP contribution is -2.83. The van der Waals surface area contributed by atoms with Gasteiger partial charge in [-0.3, -0.25) is 4.98 Å². The molecule has 0 unspecified atom stereocenters. The lowest BCUT2D eigenvalue weighted by Gasteiger charge is -1.98. The Balaban J connectivity index is 0.000000204. The first-order valence-corrected chi connectivity index (χ1v) is 5.96. The highest BCUT2D eigenvalue weighted by atomic mass is 16.3. The summed E-state index contributed by atoms with van der Waals surface area (Å²) in [5, 5.41) is 20.7. The first-order chi connectivity index (χ1) is 9.61. The maximum Gasteiger partial charge on any atom is 0.349 e. The number of quaternary nitrogens is 1. The number of aliphatic hydroxyl groups excluding tert-OH is 1. The Bertz CT molecular complexity index is 580. The molecule has 0 saturated carbocycles. The van der Waals surface area contributed by atoms with E-state index in [2.05, 4.69) is 22.4 Å². The number of hydrogen-bond acceptors (Lipinski definition) is 5. The molecule has 0 aliphatic rings. The molecule has 0 atom stereocenters. The molecule has 8 nitrogen and oxygen atoms in total. The minimum atomic E-state index is -0.927. The van der Waals surface area contributed by atoms with Crippen molar-refractivity contribution in [3.05, 3.63) is 56.9 Å². The number of rotatable bonds is 4. The van der Waals surface area contributed by atoms with Crippen LogP contribution in [0, 0.1) is 0 Å². The molecule has 8 heteroatoms. The third kappa shape index (κ3) is 6.47. The second-order valence-electron chi connectivity index (χ2n) is 3.79. The molecule has 1 aromatic carbocycles. The van der Waals surface area contributed by atoms with Crippen molar-refractivity contribution in [2.45, 2.75) is 6.54 Å². The van der Waals surface area contributed by atoms with Gasteiger partial charge in [0.05, 0.1) is 19.2 Å². The van der Waals surface area contributed by atoms with Crippen LogP contribution in [0.25, 0.3) is 0 Å². The van der Waals surface area contributed by atoms with E-state index in [1.165, 1.54) is 5.56 Å². The Morgan fingerprint density at radius 1 is 1.20 bits per heavy atom. The number of aromatic nitrogens is 3. The minimum Gasteiger partial charge on any atom is -0.846 e. The molecule has 20 heavy (non-hydrogen) atoms. The van der Waals surface area contributed by atoms with Gasteiger partial charge in [0, 0.05) is 5.56 Å². The second-order valence-corrected chi connectivity index (χ2v) is 3.79. The van der Waals surface area contributed by atoms with Crippen LogP contribution in [0.5, 0.6) is 6.01 Å². The third-order valence-electron chi connectivity index (χ3n) is 2.20. The van der Waals surface area contributed by atoms with Crippen LogP contribution in [0.15, 0.2) is 39.9 Å². The highest BCUT2D eigenvalue weighted by molar-refractivity contribution is 5.12. The molecule has 0 spiro atoms. The fraction of sp³-hybridized carbons (Fsp3) is 0.250. The van der Waals surface area contributed by atoms with Gasteiger partial charge in [-0.1, -0.05) is 30.3 Å². The summed E-state index contributed by atoms with van der Waals surface area (Å²) in [6, 6.07) is 9.32. The molecule has 0 amide bonds. The molecule has 108 valence electrons. The van der Waals surface area contributed by atoms with Gasteiger partial charge in [0.15, 0.2) is 0 Å². The van der Waals surface area contributed by atoms with Gasteiger partial charge < -0.3 is 20.5 Å². The SMILES string of the molecule is O=c1nc([O-])[nH]c(=O)[nH]1.OCC[NH2+]Cc1ccccc1. The summed E-state index contributed by atoms with van der Waals surface area (Å²) in [6.45, 7) is 2.00. The number of aromatic amines is 2. The van der Waals surface area contributed by atoms with Crippen LogP contribution in [-0.4, -0.2) is 33.2 Å². The molecule has 1 heterocycles. The zero-order chi connectivity index (χ0) is 14.8. The fourth-order valence-corrected chi connectivity index (χ4v) is 1.35. The largest absolute Gasteiger partial charge is 0.846 e. The topological polar surface area (TPSA) is 139 Å². The van der Waals surface area contributed by atoms with Gasteiger partial charge in [0.1, 0.15) is 6.54 Å². The molecule has 0 bridgehead atoms. The summed E-state index contributed by atoms with van der Waals surface area (Å²) >= 11 is 0.